The maximum absolute atomic E-state index is 5.15. The fourth-order valence-corrected chi connectivity index (χ4v) is 6.20. The summed E-state index contributed by atoms with van der Waals surface area (Å²) in [5, 5.41) is 2.21. The maximum Gasteiger partial charge on any atom is 0.189 e. The van der Waals surface area contributed by atoms with Gasteiger partial charge in [0.2, 0.25) is 0 Å². The topological polar surface area (TPSA) is 46.4 Å². The lowest BCUT2D eigenvalue weighted by Crippen LogP contribution is -3.12. The molecule has 1 aliphatic carbocycles. The first-order valence-electron chi connectivity index (χ1n) is 10.4. The van der Waals surface area contributed by atoms with E-state index >= 15 is 0 Å². The highest BCUT2D eigenvalue weighted by molar-refractivity contribution is 7.98. The van der Waals surface area contributed by atoms with E-state index in [1.807, 2.05) is 11.3 Å². The number of anilines is 1. The number of aryl methyl sites for hydroxylation is 2. The number of rotatable bonds is 4. The number of fused-ring (bicyclic) bond motifs is 5. The number of thioether (sulfide) groups is 1. The number of quaternary nitrogens is 1. The van der Waals surface area contributed by atoms with Gasteiger partial charge in [0.05, 0.1) is 43.4 Å². The number of hydrogen-bond acceptors (Lipinski definition) is 6. The third-order valence-corrected chi connectivity index (χ3v) is 7.78. The van der Waals surface area contributed by atoms with Gasteiger partial charge in [-0.3, -0.25) is 0 Å². The molecule has 5 rings (SSSR count). The number of nitrogens with one attached hydrogen (secondary N) is 1. The van der Waals surface area contributed by atoms with Crippen molar-refractivity contribution in [2.75, 3.05) is 44.4 Å². The first-order valence-corrected chi connectivity index (χ1v) is 12.5. The molecule has 1 fully saturated rings. The summed E-state index contributed by atoms with van der Waals surface area (Å²) in [5.41, 5.74) is 5.52. The molecule has 0 spiro atoms. The summed E-state index contributed by atoms with van der Waals surface area (Å²) in [6.07, 6.45) is 7.92. The maximum atomic E-state index is 5.15. The minimum absolute atomic E-state index is 0.887. The van der Waals surface area contributed by atoms with Crippen LogP contribution in [0.25, 0.3) is 20.4 Å². The van der Waals surface area contributed by atoms with Gasteiger partial charge in [-0.25, -0.2) is 15.0 Å². The average molecular weight is 415 g/mol. The van der Waals surface area contributed by atoms with Crippen LogP contribution >= 0.6 is 23.1 Å². The zero-order valence-corrected chi connectivity index (χ0v) is 18.6. The van der Waals surface area contributed by atoms with E-state index in [2.05, 4.69) is 25.1 Å². The van der Waals surface area contributed by atoms with Crippen LogP contribution in [0.1, 0.15) is 36.6 Å². The van der Waals surface area contributed by atoms with Crippen molar-refractivity contribution >= 4 is 49.3 Å². The normalized spacial score (nSPS) is 17.8. The van der Waals surface area contributed by atoms with Crippen molar-refractivity contribution in [1.29, 1.82) is 0 Å². The van der Waals surface area contributed by atoms with Crippen molar-refractivity contribution in [3.05, 3.63) is 16.8 Å². The number of hydrogen-bond donors (Lipinski definition) is 1. The van der Waals surface area contributed by atoms with E-state index in [9.17, 15) is 0 Å². The van der Waals surface area contributed by atoms with Crippen molar-refractivity contribution in [1.82, 2.24) is 15.0 Å². The molecule has 2 aliphatic rings. The summed E-state index contributed by atoms with van der Waals surface area (Å²) in [6.45, 7) is 6.71. The number of thiophene rings is 1. The Bertz CT molecular complexity index is 1040. The Hall–Kier alpha value is -1.44. The molecule has 0 bridgehead atoms. The summed E-state index contributed by atoms with van der Waals surface area (Å²) >= 11 is 3.46. The highest BCUT2D eigenvalue weighted by atomic mass is 32.2. The van der Waals surface area contributed by atoms with Gasteiger partial charge in [-0.15, -0.1) is 11.3 Å². The van der Waals surface area contributed by atoms with Gasteiger partial charge >= 0.3 is 0 Å². The molecule has 0 atom stereocenters. The number of likely N-dealkylation sites (N-methyl/N-ethyl adjacent to an activating group) is 1. The lowest BCUT2D eigenvalue weighted by Gasteiger charge is -2.31. The summed E-state index contributed by atoms with van der Waals surface area (Å²) in [5.74, 6) is 1.13. The third-order valence-electron chi connectivity index (χ3n) is 6.17. The molecule has 5 nitrogen and oxygen atoms in total. The van der Waals surface area contributed by atoms with Crippen molar-refractivity contribution in [3.8, 4) is 0 Å². The summed E-state index contributed by atoms with van der Waals surface area (Å²) < 4.78 is 1.24. The summed E-state index contributed by atoms with van der Waals surface area (Å²) in [4.78, 5) is 20.4. The third kappa shape index (κ3) is 2.99. The molecule has 0 unspecified atom stereocenters. The zero-order valence-electron chi connectivity index (χ0n) is 17.0. The van der Waals surface area contributed by atoms with Crippen molar-refractivity contribution < 1.29 is 4.90 Å². The molecular weight excluding hydrogens is 386 g/mol. The fourth-order valence-electron chi connectivity index (χ4n) is 4.66. The Kier molecular flexibility index (Phi) is 4.93. The fraction of sp³-hybridized carbons (Fsp3) is 0.571. The molecule has 0 saturated carbocycles. The lowest BCUT2D eigenvalue weighted by molar-refractivity contribution is -0.880. The predicted molar refractivity (Wildman–Crippen MR) is 119 cm³/mol. The largest absolute Gasteiger partial charge is 0.344 e. The molecule has 1 saturated heterocycles. The Morgan fingerprint density at radius 1 is 1.11 bits per heavy atom. The molecular formula is C21H28N5S2+. The minimum atomic E-state index is 0.887. The van der Waals surface area contributed by atoms with Gasteiger partial charge < -0.3 is 9.80 Å². The Morgan fingerprint density at radius 3 is 2.64 bits per heavy atom. The van der Waals surface area contributed by atoms with E-state index < -0.39 is 0 Å². The van der Waals surface area contributed by atoms with Crippen LogP contribution in [0.15, 0.2) is 5.16 Å². The first-order chi connectivity index (χ1) is 13.7. The monoisotopic (exact) mass is 414 g/mol. The number of aromatic nitrogens is 3. The Morgan fingerprint density at radius 2 is 1.89 bits per heavy atom. The van der Waals surface area contributed by atoms with Crippen LogP contribution in [0.4, 0.5) is 5.82 Å². The van der Waals surface area contributed by atoms with Crippen LogP contribution in [0.5, 0.6) is 0 Å². The standard InChI is InChI=1S/C21H27N5S2/c1-4-6-15-13-7-5-8-14(13)16-17-18(28-20(16)22-15)19(24-21(23-17)27-3)26-11-9-25(2)10-12-26/h4-12H2,1-3H3/p+1. The second-order valence-corrected chi connectivity index (χ2v) is 9.83. The van der Waals surface area contributed by atoms with E-state index in [4.69, 9.17) is 15.0 Å². The molecule has 148 valence electrons. The highest BCUT2D eigenvalue weighted by Crippen LogP contribution is 2.43. The molecule has 0 amide bonds. The van der Waals surface area contributed by atoms with Gasteiger partial charge in [0.1, 0.15) is 4.83 Å². The van der Waals surface area contributed by atoms with Gasteiger partial charge in [0.15, 0.2) is 11.0 Å². The summed E-state index contributed by atoms with van der Waals surface area (Å²) in [6, 6.07) is 0. The molecule has 3 aromatic rings. The average Bonchev–Trinajstić information content (AvgIpc) is 3.32. The van der Waals surface area contributed by atoms with Crippen molar-refractivity contribution in [3.63, 3.8) is 0 Å². The molecule has 28 heavy (non-hydrogen) atoms. The van der Waals surface area contributed by atoms with Gasteiger partial charge in [0, 0.05) is 11.1 Å². The van der Waals surface area contributed by atoms with Crippen LogP contribution in [0.3, 0.4) is 0 Å². The van der Waals surface area contributed by atoms with E-state index in [0.29, 0.717) is 0 Å². The van der Waals surface area contributed by atoms with Crippen LogP contribution in [0, 0.1) is 0 Å². The van der Waals surface area contributed by atoms with Crippen LogP contribution in [-0.4, -0.2) is 54.4 Å². The van der Waals surface area contributed by atoms with E-state index in [1.54, 1.807) is 16.7 Å². The first kappa shape index (κ1) is 18.6. The molecule has 4 heterocycles. The number of piperazine rings is 1. The molecule has 1 aliphatic heterocycles. The molecule has 0 radical (unpaired) electrons. The second kappa shape index (κ2) is 7.43. The number of nitrogens with zero attached hydrogens (tertiary/aromatic N) is 4. The molecule has 7 heteroatoms. The van der Waals surface area contributed by atoms with Gasteiger partial charge in [-0.1, -0.05) is 25.1 Å². The second-order valence-electron chi connectivity index (χ2n) is 8.06. The quantitative estimate of drug-likeness (QED) is 0.525. The predicted octanol–water partition coefficient (Wildman–Crippen LogP) is 2.74. The van der Waals surface area contributed by atoms with Crippen LogP contribution in [-0.2, 0) is 19.3 Å². The van der Waals surface area contributed by atoms with E-state index in [0.717, 1.165) is 42.4 Å². The lowest BCUT2D eigenvalue weighted by atomic mass is 10.0. The zero-order chi connectivity index (χ0) is 19.3. The smallest absolute Gasteiger partial charge is 0.189 e. The van der Waals surface area contributed by atoms with Crippen LogP contribution in [0.2, 0.25) is 0 Å². The summed E-state index contributed by atoms with van der Waals surface area (Å²) in [7, 11) is 2.28. The Balaban J connectivity index is 1.75. The molecule has 3 aromatic heterocycles. The van der Waals surface area contributed by atoms with E-state index in [1.165, 1.54) is 64.1 Å². The molecule has 0 aromatic carbocycles. The Labute approximate surface area is 174 Å². The minimum Gasteiger partial charge on any atom is -0.344 e. The highest BCUT2D eigenvalue weighted by Gasteiger charge is 2.27. The number of pyridine rings is 1. The van der Waals surface area contributed by atoms with Gasteiger partial charge in [-0.2, -0.15) is 0 Å². The SMILES string of the molecule is CCCc1nc2sc3c(N4CC[NH+](C)CC4)nc(SC)nc3c2c2c1CCC2. The van der Waals surface area contributed by atoms with Gasteiger partial charge in [-0.05, 0) is 43.1 Å². The van der Waals surface area contributed by atoms with Gasteiger partial charge in [0.25, 0.3) is 0 Å². The van der Waals surface area contributed by atoms with E-state index in [-0.39, 0.29) is 0 Å². The van der Waals surface area contributed by atoms with Crippen LogP contribution < -0.4 is 9.80 Å². The van der Waals surface area contributed by atoms with Crippen molar-refractivity contribution in [2.45, 2.75) is 44.2 Å². The van der Waals surface area contributed by atoms with Crippen molar-refractivity contribution in [2.24, 2.45) is 0 Å². The molecule has 1 N–H and O–H groups in total.